The van der Waals surface area contributed by atoms with Crippen LogP contribution >= 0.6 is 11.6 Å². The Bertz CT molecular complexity index is 338. The molecule has 4 nitrogen and oxygen atoms in total. The number of nitrogen functional groups attached to an aromatic ring is 1. The molecule has 0 radical (unpaired) electrons. The monoisotopic (exact) mass is 186 g/mol. The van der Waals surface area contributed by atoms with Crippen molar-refractivity contribution in [2.24, 2.45) is 0 Å². The van der Waals surface area contributed by atoms with E-state index in [2.05, 4.69) is 0 Å². The Kier molecular flexibility index (Phi) is 2.19. The van der Waals surface area contributed by atoms with Gasteiger partial charge in [0.2, 0.25) is 0 Å². The Morgan fingerprint density at radius 3 is 2.58 bits per heavy atom. The molecule has 0 amide bonds. The van der Waals surface area contributed by atoms with E-state index in [4.69, 9.17) is 17.3 Å². The Morgan fingerprint density at radius 1 is 1.58 bits per heavy atom. The highest BCUT2D eigenvalue weighted by molar-refractivity contribution is 6.33. The van der Waals surface area contributed by atoms with Gasteiger partial charge in [-0.05, 0) is 13.0 Å². The van der Waals surface area contributed by atoms with E-state index in [1.807, 2.05) is 0 Å². The largest absolute Gasteiger partial charge is 0.392 e. The van der Waals surface area contributed by atoms with E-state index in [1.54, 1.807) is 19.1 Å². The Balaban J connectivity index is 3.43. The van der Waals surface area contributed by atoms with Crippen LogP contribution in [-0.2, 0) is 0 Å². The molecule has 1 rings (SSSR count). The van der Waals surface area contributed by atoms with Crippen LogP contribution in [0, 0.1) is 17.0 Å². The predicted octanol–water partition coefficient (Wildman–Crippen LogP) is 2.14. The Labute approximate surface area is 74.1 Å². The zero-order chi connectivity index (χ0) is 9.30. The molecule has 0 aromatic heterocycles. The van der Waals surface area contributed by atoms with Crippen LogP contribution in [0.3, 0.4) is 0 Å². The van der Waals surface area contributed by atoms with Gasteiger partial charge in [0.05, 0.1) is 9.95 Å². The summed E-state index contributed by atoms with van der Waals surface area (Å²) in [5.41, 5.74) is 5.85. The lowest BCUT2D eigenvalue weighted by atomic mass is 10.2. The van der Waals surface area contributed by atoms with Crippen molar-refractivity contribution in [3.05, 3.63) is 32.8 Å². The zero-order valence-electron chi connectivity index (χ0n) is 6.37. The van der Waals surface area contributed by atoms with Crippen molar-refractivity contribution in [1.29, 1.82) is 0 Å². The van der Waals surface area contributed by atoms with Gasteiger partial charge in [0.25, 0.3) is 5.69 Å². The maximum absolute atomic E-state index is 10.5. The van der Waals surface area contributed by atoms with Crippen LogP contribution in [0.25, 0.3) is 0 Å². The Hall–Kier alpha value is -1.29. The van der Waals surface area contributed by atoms with Gasteiger partial charge in [-0.2, -0.15) is 0 Å². The molecule has 0 aliphatic rings. The summed E-state index contributed by atoms with van der Waals surface area (Å²) in [6.07, 6.45) is 0. The molecule has 0 saturated carbocycles. The third kappa shape index (κ3) is 1.33. The molecule has 0 bridgehead atoms. The van der Waals surface area contributed by atoms with Crippen LogP contribution in [0.1, 0.15) is 5.56 Å². The minimum absolute atomic E-state index is 0.0293. The van der Waals surface area contributed by atoms with Crippen molar-refractivity contribution >= 4 is 23.0 Å². The van der Waals surface area contributed by atoms with Crippen molar-refractivity contribution in [2.75, 3.05) is 5.73 Å². The van der Waals surface area contributed by atoms with Crippen LogP contribution in [0.15, 0.2) is 12.1 Å². The number of hydrogen-bond acceptors (Lipinski definition) is 3. The number of anilines is 1. The molecule has 0 heterocycles. The van der Waals surface area contributed by atoms with Crippen LogP contribution < -0.4 is 5.73 Å². The highest BCUT2D eigenvalue weighted by Crippen LogP contribution is 2.31. The highest BCUT2D eigenvalue weighted by atomic mass is 35.5. The quantitative estimate of drug-likeness (QED) is 0.415. The smallest absolute Gasteiger partial charge is 0.296 e. The summed E-state index contributed by atoms with van der Waals surface area (Å²) >= 11 is 5.60. The topological polar surface area (TPSA) is 69.2 Å². The summed E-state index contributed by atoms with van der Waals surface area (Å²) in [6.45, 7) is 1.62. The van der Waals surface area contributed by atoms with Crippen molar-refractivity contribution in [1.82, 2.24) is 0 Å². The summed E-state index contributed by atoms with van der Waals surface area (Å²) in [6, 6.07) is 3.11. The fraction of sp³-hybridized carbons (Fsp3) is 0.143. The molecule has 12 heavy (non-hydrogen) atoms. The summed E-state index contributed by atoms with van der Waals surface area (Å²) < 4.78 is 0. The van der Waals surface area contributed by atoms with E-state index in [0.29, 0.717) is 5.56 Å². The summed E-state index contributed by atoms with van der Waals surface area (Å²) in [5, 5.41) is 10.7. The van der Waals surface area contributed by atoms with Crippen molar-refractivity contribution < 1.29 is 4.92 Å². The van der Waals surface area contributed by atoms with Crippen molar-refractivity contribution in [3.63, 3.8) is 0 Å². The second kappa shape index (κ2) is 2.98. The molecule has 0 fully saturated rings. The lowest BCUT2D eigenvalue weighted by Gasteiger charge is -2.01. The van der Waals surface area contributed by atoms with E-state index in [9.17, 15) is 10.1 Å². The van der Waals surface area contributed by atoms with E-state index in [-0.39, 0.29) is 16.4 Å². The van der Waals surface area contributed by atoms with Crippen LogP contribution in [0.4, 0.5) is 11.4 Å². The maximum atomic E-state index is 10.5. The van der Waals surface area contributed by atoms with Gasteiger partial charge in [-0.15, -0.1) is 0 Å². The van der Waals surface area contributed by atoms with E-state index < -0.39 is 4.92 Å². The van der Waals surface area contributed by atoms with Crippen LogP contribution in [-0.4, -0.2) is 4.92 Å². The van der Waals surface area contributed by atoms with Crippen LogP contribution in [0.5, 0.6) is 0 Å². The molecule has 0 spiro atoms. The molecule has 2 N–H and O–H groups in total. The third-order valence-corrected chi connectivity index (χ3v) is 1.88. The molecule has 1 aromatic carbocycles. The molecular weight excluding hydrogens is 180 g/mol. The van der Waals surface area contributed by atoms with E-state index >= 15 is 0 Å². The Morgan fingerprint density at radius 2 is 2.17 bits per heavy atom. The summed E-state index contributed by atoms with van der Waals surface area (Å²) in [5.74, 6) is 0. The first-order valence-electron chi connectivity index (χ1n) is 3.23. The minimum atomic E-state index is -0.531. The molecule has 0 atom stereocenters. The van der Waals surface area contributed by atoms with Gasteiger partial charge < -0.3 is 5.73 Å². The first-order valence-corrected chi connectivity index (χ1v) is 3.61. The third-order valence-electron chi connectivity index (χ3n) is 1.55. The number of nitro benzene ring substituents is 1. The molecular formula is C7H7ClN2O2. The summed E-state index contributed by atoms with van der Waals surface area (Å²) in [4.78, 5) is 9.93. The number of aryl methyl sites for hydroxylation is 1. The van der Waals surface area contributed by atoms with E-state index in [1.165, 1.54) is 0 Å². The first kappa shape index (κ1) is 8.80. The lowest BCUT2D eigenvalue weighted by molar-refractivity contribution is -0.384. The molecule has 0 saturated heterocycles. The van der Waals surface area contributed by atoms with Crippen molar-refractivity contribution in [2.45, 2.75) is 6.92 Å². The zero-order valence-corrected chi connectivity index (χ0v) is 7.13. The minimum Gasteiger partial charge on any atom is -0.392 e. The molecule has 64 valence electrons. The predicted molar refractivity (Wildman–Crippen MR) is 47.3 cm³/mol. The highest BCUT2D eigenvalue weighted by Gasteiger charge is 2.16. The normalized spacial score (nSPS) is 9.83. The summed E-state index contributed by atoms with van der Waals surface area (Å²) in [7, 11) is 0. The second-order valence-electron chi connectivity index (χ2n) is 2.38. The first-order chi connectivity index (χ1) is 5.54. The average Bonchev–Trinajstić information content (AvgIpc) is 1.97. The number of halogens is 1. The van der Waals surface area contributed by atoms with Gasteiger partial charge in [-0.1, -0.05) is 17.7 Å². The standard InChI is InChI=1S/C7H7ClN2O2/c1-4-2-3-5(8)6(9)7(4)10(11)12/h2-3H,9H2,1H3. The van der Waals surface area contributed by atoms with Gasteiger partial charge in [-0.25, -0.2) is 0 Å². The van der Waals surface area contributed by atoms with Gasteiger partial charge in [-0.3, -0.25) is 10.1 Å². The van der Waals surface area contributed by atoms with Gasteiger partial charge in [0.1, 0.15) is 5.69 Å². The molecule has 1 aromatic rings. The molecule has 5 heteroatoms. The number of nitrogens with zero attached hydrogens (tertiary/aromatic N) is 1. The molecule has 0 unspecified atom stereocenters. The maximum Gasteiger partial charge on any atom is 0.296 e. The van der Waals surface area contributed by atoms with Gasteiger partial charge in [0.15, 0.2) is 0 Å². The number of rotatable bonds is 1. The fourth-order valence-corrected chi connectivity index (χ4v) is 1.09. The second-order valence-corrected chi connectivity index (χ2v) is 2.79. The SMILES string of the molecule is Cc1ccc(Cl)c(N)c1[N+](=O)[O-]. The fourth-order valence-electron chi connectivity index (χ4n) is 0.935. The molecule has 0 aliphatic heterocycles. The van der Waals surface area contributed by atoms with E-state index in [0.717, 1.165) is 0 Å². The number of nitro groups is 1. The van der Waals surface area contributed by atoms with Gasteiger partial charge in [0, 0.05) is 5.56 Å². The van der Waals surface area contributed by atoms with Crippen LogP contribution in [0.2, 0.25) is 5.02 Å². The van der Waals surface area contributed by atoms with Crippen molar-refractivity contribution in [3.8, 4) is 0 Å². The molecule has 0 aliphatic carbocycles. The number of benzene rings is 1. The van der Waals surface area contributed by atoms with Gasteiger partial charge >= 0.3 is 0 Å². The lowest BCUT2D eigenvalue weighted by Crippen LogP contribution is -1.98. The number of hydrogen-bond donors (Lipinski definition) is 1. The average molecular weight is 187 g/mol. The number of nitrogens with two attached hydrogens (primary N) is 1.